The summed E-state index contributed by atoms with van der Waals surface area (Å²) in [6, 6.07) is 6.94. The summed E-state index contributed by atoms with van der Waals surface area (Å²) >= 11 is 0. The molecular weight excluding hydrogens is 168 g/mol. The van der Waals surface area contributed by atoms with Crippen LogP contribution in [-0.4, -0.2) is 15.6 Å². The molecule has 2 aromatic rings. The minimum absolute atomic E-state index is 0.395. The first-order valence-corrected chi connectivity index (χ1v) is 3.76. The molecule has 0 aliphatic carbocycles. The number of nitrogens with one attached hydrogen (secondary N) is 1. The monoisotopic (exact) mass is 176 g/mol. The SMILES string of the molecule is NNC(=O)n1cnc2ccccc21. The van der Waals surface area contributed by atoms with Crippen LogP contribution in [0.25, 0.3) is 11.0 Å². The molecule has 0 fully saturated rings. The number of benzene rings is 1. The van der Waals surface area contributed by atoms with E-state index in [1.807, 2.05) is 23.6 Å². The fraction of sp³-hybridized carbons (Fsp3) is 0. The number of hydrogen-bond donors (Lipinski definition) is 2. The normalized spacial score (nSPS) is 10.2. The molecule has 0 saturated carbocycles. The van der Waals surface area contributed by atoms with Gasteiger partial charge in [-0.1, -0.05) is 12.1 Å². The Morgan fingerprint density at radius 3 is 3.00 bits per heavy atom. The van der Waals surface area contributed by atoms with Gasteiger partial charge in [0.1, 0.15) is 6.33 Å². The zero-order valence-electron chi connectivity index (χ0n) is 6.77. The van der Waals surface area contributed by atoms with Crippen LogP contribution < -0.4 is 11.3 Å². The molecule has 0 atom stereocenters. The number of carbonyl (C=O) groups is 1. The van der Waals surface area contributed by atoms with Gasteiger partial charge in [-0.25, -0.2) is 20.2 Å². The van der Waals surface area contributed by atoms with E-state index in [0.29, 0.717) is 0 Å². The van der Waals surface area contributed by atoms with E-state index in [-0.39, 0.29) is 0 Å². The molecule has 66 valence electrons. The number of nitrogen functional groups attached to an aromatic ring is 1. The van der Waals surface area contributed by atoms with Crippen LogP contribution in [0.1, 0.15) is 0 Å². The van der Waals surface area contributed by atoms with Gasteiger partial charge < -0.3 is 0 Å². The molecule has 2 rings (SSSR count). The second-order valence-electron chi connectivity index (χ2n) is 2.55. The molecule has 5 heteroatoms. The van der Waals surface area contributed by atoms with Crippen molar-refractivity contribution in [2.24, 2.45) is 5.84 Å². The summed E-state index contributed by atoms with van der Waals surface area (Å²) in [7, 11) is 0. The molecule has 0 unspecified atom stereocenters. The molecule has 0 saturated heterocycles. The van der Waals surface area contributed by atoms with Crippen molar-refractivity contribution >= 4 is 17.1 Å². The van der Waals surface area contributed by atoms with E-state index in [9.17, 15) is 4.79 Å². The minimum Gasteiger partial charge on any atom is -0.275 e. The molecule has 3 N–H and O–H groups in total. The topological polar surface area (TPSA) is 72.9 Å². The Hall–Kier alpha value is -1.88. The number of nitrogens with two attached hydrogens (primary N) is 1. The second-order valence-corrected chi connectivity index (χ2v) is 2.55. The largest absolute Gasteiger partial charge is 0.341 e. The van der Waals surface area contributed by atoms with Gasteiger partial charge in [-0.2, -0.15) is 0 Å². The highest BCUT2D eigenvalue weighted by Gasteiger charge is 2.06. The Morgan fingerprint density at radius 2 is 2.23 bits per heavy atom. The number of para-hydroxylation sites is 2. The van der Waals surface area contributed by atoms with Gasteiger partial charge in [0.2, 0.25) is 0 Å². The molecule has 1 aromatic heterocycles. The predicted octanol–water partition coefficient (Wildman–Crippen LogP) is 0.468. The van der Waals surface area contributed by atoms with Crippen molar-refractivity contribution < 1.29 is 4.79 Å². The standard InChI is InChI=1S/C8H8N4O/c9-11-8(13)12-5-10-6-3-1-2-4-7(6)12/h1-5H,9H2,(H,11,13). The Morgan fingerprint density at radius 1 is 1.46 bits per heavy atom. The summed E-state index contributed by atoms with van der Waals surface area (Å²) in [5, 5.41) is 0. The van der Waals surface area contributed by atoms with E-state index < -0.39 is 6.03 Å². The van der Waals surface area contributed by atoms with Crippen LogP contribution in [0.15, 0.2) is 30.6 Å². The van der Waals surface area contributed by atoms with Crippen LogP contribution >= 0.6 is 0 Å². The van der Waals surface area contributed by atoms with Gasteiger partial charge in [-0.3, -0.25) is 5.43 Å². The first kappa shape index (κ1) is 7.75. The molecule has 1 aromatic carbocycles. The number of hydrazine groups is 1. The molecule has 1 amide bonds. The van der Waals surface area contributed by atoms with E-state index in [4.69, 9.17) is 5.84 Å². The number of rotatable bonds is 0. The number of imidazole rings is 1. The van der Waals surface area contributed by atoms with Crippen molar-refractivity contribution in [3.05, 3.63) is 30.6 Å². The Bertz CT molecular complexity index is 448. The van der Waals surface area contributed by atoms with E-state index in [0.717, 1.165) is 11.0 Å². The molecule has 0 radical (unpaired) electrons. The van der Waals surface area contributed by atoms with E-state index in [1.165, 1.54) is 10.9 Å². The van der Waals surface area contributed by atoms with Gasteiger partial charge in [0.15, 0.2) is 0 Å². The third kappa shape index (κ3) is 1.15. The maximum Gasteiger partial charge on any atom is 0.341 e. The number of aromatic nitrogens is 2. The van der Waals surface area contributed by atoms with Crippen LogP contribution in [0.5, 0.6) is 0 Å². The maximum absolute atomic E-state index is 11.2. The lowest BCUT2D eigenvalue weighted by Gasteiger charge is -1.99. The summed E-state index contributed by atoms with van der Waals surface area (Å²) in [6.07, 6.45) is 1.44. The maximum atomic E-state index is 11.2. The van der Waals surface area contributed by atoms with Crippen LogP contribution in [0.4, 0.5) is 4.79 Å². The molecule has 13 heavy (non-hydrogen) atoms. The van der Waals surface area contributed by atoms with E-state index >= 15 is 0 Å². The van der Waals surface area contributed by atoms with Crippen LogP contribution in [0.2, 0.25) is 0 Å². The highest BCUT2D eigenvalue weighted by molar-refractivity contribution is 5.88. The molecule has 5 nitrogen and oxygen atoms in total. The molecule has 0 spiro atoms. The van der Waals surface area contributed by atoms with Gasteiger partial charge in [-0.05, 0) is 12.1 Å². The van der Waals surface area contributed by atoms with Crippen molar-refractivity contribution in [1.82, 2.24) is 15.0 Å². The van der Waals surface area contributed by atoms with Gasteiger partial charge >= 0.3 is 6.03 Å². The molecule has 1 heterocycles. The number of nitrogens with zero attached hydrogens (tertiary/aromatic N) is 2. The fourth-order valence-corrected chi connectivity index (χ4v) is 1.19. The quantitative estimate of drug-likeness (QED) is 0.348. The molecule has 0 aliphatic rings. The summed E-state index contributed by atoms with van der Waals surface area (Å²) in [6.45, 7) is 0. The lowest BCUT2D eigenvalue weighted by molar-refractivity contribution is 0.243. The van der Waals surface area contributed by atoms with Crippen molar-refractivity contribution in [3.8, 4) is 0 Å². The third-order valence-corrected chi connectivity index (χ3v) is 1.80. The summed E-state index contributed by atoms with van der Waals surface area (Å²) in [5.41, 5.74) is 3.55. The zero-order chi connectivity index (χ0) is 9.26. The number of carbonyl (C=O) groups excluding carboxylic acids is 1. The van der Waals surface area contributed by atoms with Gasteiger partial charge in [0, 0.05) is 0 Å². The number of amides is 1. The van der Waals surface area contributed by atoms with Gasteiger partial charge in [-0.15, -0.1) is 0 Å². The summed E-state index contributed by atoms with van der Waals surface area (Å²) in [5.74, 6) is 5.01. The minimum atomic E-state index is -0.395. The summed E-state index contributed by atoms with van der Waals surface area (Å²) in [4.78, 5) is 15.2. The van der Waals surface area contributed by atoms with E-state index in [2.05, 4.69) is 4.98 Å². The predicted molar refractivity (Wildman–Crippen MR) is 47.9 cm³/mol. The van der Waals surface area contributed by atoms with Crippen molar-refractivity contribution in [2.45, 2.75) is 0 Å². The third-order valence-electron chi connectivity index (χ3n) is 1.80. The molecule has 0 bridgehead atoms. The van der Waals surface area contributed by atoms with Crippen LogP contribution in [0.3, 0.4) is 0 Å². The Labute approximate surface area is 74.1 Å². The first-order valence-electron chi connectivity index (χ1n) is 3.76. The molecular formula is C8H8N4O. The van der Waals surface area contributed by atoms with Crippen LogP contribution in [0, 0.1) is 0 Å². The van der Waals surface area contributed by atoms with Crippen molar-refractivity contribution in [2.75, 3.05) is 0 Å². The van der Waals surface area contributed by atoms with Crippen LogP contribution in [-0.2, 0) is 0 Å². The van der Waals surface area contributed by atoms with Crippen molar-refractivity contribution in [1.29, 1.82) is 0 Å². The Balaban J connectivity index is 2.64. The molecule has 0 aliphatic heterocycles. The lowest BCUT2D eigenvalue weighted by atomic mass is 10.3. The van der Waals surface area contributed by atoms with Crippen molar-refractivity contribution in [3.63, 3.8) is 0 Å². The fourth-order valence-electron chi connectivity index (χ4n) is 1.19. The number of hydrogen-bond acceptors (Lipinski definition) is 3. The Kier molecular flexibility index (Phi) is 1.71. The van der Waals surface area contributed by atoms with Gasteiger partial charge in [0.25, 0.3) is 0 Å². The lowest BCUT2D eigenvalue weighted by Crippen LogP contribution is -2.33. The average molecular weight is 176 g/mol. The zero-order valence-corrected chi connectivity index (χ0v) is 6.77. The summed E-state index contributed by atoms with van der Waals surface area (Å²) < 4.78 is 1.36. The first-order chi connectivity index (χ1) is 6.33. The number of fused-ring (bicyclic) bond motifs is 1. The highest BCUT2D eigenvalue weighted by Crippen LogP contribution is 2.10. The highest BCUT2D eigenvalue weighted by atomic mass is 16.2. The smallest absolute Gasteiger partial charge is 0.275 e. The van der Waals surface area contributed by atoms with E-state index in [1.54, 1.807) is 6.07 Å². The average Bonchev–Trinajstić information content (AvgIpc) is 2.60. The second kappa shape index (κ2) is 2.87. The van der Waals surface area contributed by atoms with Gasteiger partial charge in [0.05, 0.1) is 11.0 Å².